The summed E-state index contributed by atoms with van der Waals surface area (Å²) in [6.45, 7) is 0. The maximum absolute atomic E-state index is 12.0. The minimum Gasteiger partial charge on any atom is -0.504 e. The van der Waals surface area contributed by atoms with Crippen LogP contribution in [0.1, 0.15) is 24.5 Å². The number of hydrogen-bond acceptors (Lipinski definition) is 4. The van der Waals surface area contributed by atoms with Gasteiger partial charge in [0.2, 0.25) is 0 Å². The van der Waals surface area contributed by atoms with Crippen LogP contribution in [0.2, 0.25) is 0 Å². The second-order valence-corrected chi connectivity index (χ2v) is 5.57. The monoisotopic (exact) mass is 336 g/mol. The summed E-state index contributed by atoms with van der Waals surface area (Å²) in [6.07, 6.45) is 2.13. The van der Waals surface area contributed by atoms with Crippen molar-refractivity contribution in [1.82, 2.24) is 9.97 Å². The highest BCUT2D eigenvalue weighted by Crippen LogP contribution is 2.41. The number of aromatic nitrogens is 2. The number of nitrogens with zero attached hydrogens (tertiary/aromatic N) is 1. The molecule has 3 rings (SSSR count). The molecule has 6 heteroatoms. The Morgan fingerprint density at radius 3 is 2.85 bits per heavy atom. The van der Waals surface area contributed by atoms with Gasteiger partial charge in [-0.15, -0.1) is 0 Å². The molecule has 1 aliphatic carbocycles. The molecule has 0 amide bonds. The first-order valence-electron chi connectivity index (χ1n) is 6.27. The van der Waals surface area contributed by atoms with Crippen LogP contribution in [-0.2, 0) is 0 Å². The van der Waals surface area contributed by atoms with Crippen LogP contribution in [0.25, 0.3) is 11.4 Å². The van der Waals surface area contributed by atoms with Crippen molar-refractivity contribution in [1.29, 1.82) is 0 Å². The van der Waals surface area contributed by atoms with Crippen LogP contribution < -0.4 is 10.3 Å². The second kappa shape index (κ2) is 4.94. The Morgan fingerprint density at radius 1 is 1.45 bits per heavy atom. The van der Waals surface area contributed by atoms with E-state index >= 15 is 0 Å². The standard InChI is InChI=1S/C14H13BrN2O3/c1-20-10-6-8(4-5-9(10)18)13-16-12(7-2-3-7)11(15)14(19)17-13/h4-7,18H,2-3H2,1H3,(H,16,17,19). The highest BCUT2D eigenvalue weighted by Gasteiger charge is 2.29. The number of phenols is 1. The average Bonchev–Trinajstić information content (AvgIpc) is 3.27. The SMILES string of the molecule is COc1cc(-c2nc(C3CC3)c(Br)c(=O)[nH]2)ccc1O. The van der Waals surface area contributed by atoms with E-state index in [0.29, 0.717) is 27.5 Å². The Morgan fingerprint density at radius 2 is 2.20 bits per heavy atom. The number of benzene rings is 1. The van der Waals surface area contributed by atoms with Crippen molar-refractivity contribution in [3.8, 4) is 22.9 Å². The van der Waals surface area contributed by atoms with E-state index in [0.717, 1.165) is 18.5 Å². The van der Waals surface area contributed by atoms with Crippen molar-refractivity contribution in [3.05, 3.63) is 38.7 Å². The number of nitrogens with one attached hydrogen (secondary N) is 1. The lowest BCUT2D eigenvalue weighted by Gasteiger charge is -2.08. The van der Waals surface area contributed by atoms with Gasteiger partial charge in [0.25, 0.3) is 5.56 Å². The van der Waals surface area contributed by atoms with Crippen molar-refractivity contribution in [2.24, 2.45) is 0 Å². The molecule has 2 N–H and O–H groups in total. The van der Waals surface area contributed by atoms with Crippen LogP contribution in [0.5, 0.6) is 11.5 Å². The third-order valence-electron chi connectivity index (χ3n) is 3.31. The number of hydrogen-bond donors (Lipinski definition) is 2. The molecule has 1 aromatic heterocycles. The van der Waals surface area contributed by atoms with Gasteiger partial charge in [0.05, 0.1) is 12.8 Å². The molecular formula is C14H13BrN2O3. The van der Waals surface area contributed by atoms with Crippen molar-refractivity contribution >= 4 is 15.9 Å². The van der Waals surface area contributed by atoms with Crippen LogP contribution in [0.15, 0.2) is 27.5 Å². The predicted octanol–water partition coefficient (Wildman–Crippen LogP) is 2.79. The Bertz CT molecular complexity index is 723. The Hall–Kier alpha value is -1.82. The lowest BCUT2D eigenvalue weighted by Crippen LogP contribution is -2.13. The van der Waals surface area contributed by atoms with Gasteiger partial charge in [0.15, 0.2) is 11.5 Å². The van der Waals surface area contributed by atoms with Gasteiger partial charge in [-0.25, -0.2) is 4.98 Å². The zero-order valence-corrected chi connectivity index (χ0v) is 12.4. The summed E-state index contributed by atoms with van der Waals surface area (Å²) < 4.78 is 5.58. The predicted molar refractivity (Wildman–Crippen MR) is 78.2 cm³/mol. The van der Waals surface area contributed by atoms with Gasteiger partial charge >= 0.3 is 0 Å². The first-order valence-corrected chi connectivity index (χ1v) is 7.06. The fourth-order valence-electron chi connectivity index (χ4n) is 2.07. The van der Waals surface area contributed by atoms with E-state index in [2.05, 4.69) is 25.9 Å². The molecule has 1 aliphatic rings. The van der Waals surface area contributed by atoms with E-state index in [1.54, 1.807) is 12.1 Å². The molecule has 0 atom stereocenters. The first kappa shape index (κ1) is 13.2. The number of aromatic amines is 1. The number of rotatable bonds is 3. The summed E-state index contributed by atoms with van der Waals surface area (Å²) in [4.78, 5) is 19.2. The molecule has 0 spiro atoms. The number of halogens is 1. The highest BCUT2D eigenvalue weighted by atomic mass is 79.9. The Labute approximate surface area is 123 Å². The third-order valence-corrected chi connectivity index (χ3v) is 4.07. The fourth-order valence-corrected chi connectivity index (χ4v) is 2.58. The molecule has 0 saturated heterocycles. The Balaban J connectivity index is 2.12. The van der Waals surface area contributed by atoms with Gasteiger partial charge in [-0.05, 0) is 47.0 Å². The van der Waals surface area contributed by atoms with Gasteiger partial charge in [0.1, 0.15) is 10.3 Å². The van der Waals surface area contributed by atoms with E-state index in [1.165, 1.54) is 13.2 Å². The number of ether oxygens (including phenoxy) is 1. The van der Waals surface area contributed by atoms with E-state index in [-0.39, 0.29) is 11.3 Å². The second-order valence-electron chi connectivity index (χ2n) is 4.77. The number of phenolic OH excluding ortho intramolecular Hbond substituents is 1. The van der Waals surface area contributed by atoms with E-state index in [4.69, 9.17) is 4.74 Å². The summed E-state index contributed by atoms with van der Waals surface area (Å²) >= 11 is 3.30. The van der Waals surface area contributed by atoms with E-state index in [1.807, 2.05) is 0 Å². The first-order chi connectivity index (χ1) is 9.60. The van der Waals surface area contributed by atoms with Gasteiger partial charge in [-0.1, -0.05) is 0 Å². The van der Waals surface area contributed by atoms with Gasteiger partial charge in [-0.3, -0.25) is 4.79 Å². The minimum atomic E-state index is -0.191. The molecule has 0 radical (unpaired) electrons. The quantitative estimate of drug-likeness (QED) is 0.903. The average molecular weight is 337 g/mol. The number of methoxy groups -OCH3 is 1. The van der Waals surface area contributed by atoms with Gasteiger partial charge < -0.3 is 14.8 Å². The van der Waals surface area contributed by atoms with Crippen molar-refractivity contribution in [2.75, 3.05) is 7.11 Å². The lowest BCUT2D eigenvalue weighted by molar-refractivity contribution is 0.373. The summed E-state index contributed by atoms with van der Waals surface area (Å²) in [5.41, 5.74) is 1.31. The van der Waals surface area contributed by atoms with Crippen molar-refractivity contribution in [2.45, 2.75) is 18.8 Å². The molecule has 0 bridgehead atoms. The number of H-pyrrole nitrogens is 1. The fraction of sp³-hybridized carbons (Fsp3) is 0.286. The maximum atomic E-state index is 12.0. The molecule has 20 heavy (non-hydrogen) atoms. The normalized spacial score (nSPS) is 14.3. The smallest absolute Gasteiger partial charge is 0.265 e. The summed E-state index contributed by atoms with van der Waals surface area (Å²) in [7, 11) is 1.48. The zero-order valence-electron chi connectivity index (χ0n) is 10.8. The van der Waals surface area contributed by atoms with Crippen LogP contribution in [0.3, 0.4) is 0 Å². The lowest BCUT2D eigenvalue weighted by atomic mass is 10.1. The molecular weight excluding hydrogens is 324 g/mol. The molecule has 1 heterocycles. The maximum Gasteiger partial charge on any atom is 0.265 e. The molecule has 104 valence electrons. The molecule has 0 unspecified atom stereocenters. The van der Waals surface area contributed by atoms with Crippen molar-refractivity contribution < 1.29 is 9.84 Å². The molecule has 0 aliphatic heterocycles. The summed E-state index contributed by atoms with van der Waals surface area (Å²) in [5, 5.41) is 9.61. The van der Waals surface area contributed by atoms with E-state index < -0.39 is 0 Å². The zero-order chi connectivity index (χ0) is 14.3. The molecule has 5 nitrogen and oxygen atoms in total. The van der Waals surface area contributed by atoms with Crippen molar-refractivity contribution in [3.63, 3.8) is 0 Å². The molecule has 2 aromatic rings. The Kier molecular flexibility index (Phi) is 3.25. The number of aromatic hydroxyl groups is 1. The van der Waals surface area contributed by atoms with Gasteiger partial charge in [0, 0.05) is 11.5 Å². The van der Waals surface area contributed by atoms with E-state index in [9.17, 15) is 9.90 Å². The third kappa shape index (κ3) is 2.31. The van der Waals surface area contributed by atoms with Crippen LogP contribution in [0.4, 0.5) is 0 Å². The molecule has 1 saturated carbocycles. The van der Waals surface area contributed by atoms with Gasteiger partial charge in [-0.2, -0.15) is 0 Å². The topological polar surface area (TPSA) is 75.2 Å². The summed E-state index contributed by atoms with van der Waals surface area (Å²) in [5.74, 6) is 1.25. The minimum absolute atomic E-state index is 0.0538. The summed E-state index contributed by atoms with van der Waals surface area (Å²) in [6, 6.07) is 4.87. The molecule has 1 fully saturated rings. The highest BCUT2D eigenvalue weighted by molar-refractivity contribution is 9.10. The van der Waals surface area contributed by atoms with Crippen LogP contribution in [-0.4, -0.2) is 22.2 Å². The van der Waals surface area contributed by atoms with Crippen LogP contribution in [0, 0.1) is 0 Å². The molecule has 1 aromatic carbocycles. The van der Waals surface area contributed by atoms with Crippen LogP contribution >= 0.6 is 15.9 Å². The largest absolute Gasteiger partial charge is 0.504 e.